The summed E-state index contributed by atoms with van der Waals surface area (Å²) in [5, 5.41) is 0. The van der Waals surface area contributed by atoms with E-state index < -0.39 is 0 Å². The van der Waals surface area contributed by atoms with E-state index in [9.17, 15) is 0 Å². The molecular formula is C19H24ClNO2. The molecule has 1 fully saturated rings. The van der Waals surface area contributed by atoms with Gasteiger partial charge in [-0.25, -0.2) is 0 Å². The highest BCUT2D eigenvalue weighted by atomic mass is 35.5. The smallest absolute Gasteiger partial charge is 0.119 e. The number of ether oxygens (including phenoxy) is 2. The molecule has 0 aromatic heterocycles. The van der Waals surface area contributed by atoms with E-state index in [1.807, 2.05) is 30.3 Å². The molecule has 0 radical (unpaired) electrons. The van der Waals surface area contributed by atoms with Gasteiger partial charge in [0.15, 0.2) is 0 Å². The number of rotatable bonds is 5. The van der Waals surface area contributed by atoms with Crippen molar-refractivity contribution < 1.29 is 9.47 Å². The molecular weight excluding hydrogens is 310 g/mol. The highest BCUT2D eigenvalue weighted by molar-refractivity contribution is 5.85. The van der Waals surface area contributed by atoms with Crippen LogP contribution in [0.1, 0.15) is 30.0 Å². The van der Waals surface area contributed by atoms with Crippen LogP contribution in [0.2, 0.25) is 0 Å². The van der Waals surface area contributed by atoms with Crippen LogP contribution in [0.15, 0.2) is 54.6 Å². The van der Waals surface area contributed by atoms with E-state index in [-0.39, 0.29) is 18.4 Å². The molecule has 3 rings (SSSR count). The zero-order valence-electron chi connectivity index (χ0n) is 13.2. The Balaban J connectivity index is 0.00000192. The second kappa shape index (κ2) is 8.92. The summed E-state index contributed by atoms with van der Waals surface area (Å²) in [6.45, 7) is 2.25. The minimum absolute atomic E-state index is 0. The van der Waals surface area contributed by atoms with Crippen LogP contribution in [0.3, 0.4) is 0 Å². The van der Waals surface area contributed by atoms with Gasteiger partial charge in [-0.05, 0) is 42.0 Å². The highest BCUT2D eigenvalue weighted by Gasteiger charge is 2.22. The summed E-state index contributed by atoms with van der Waals surface area (Å²) in [6, 6.07) is 18.5. The number of benzene rings is 2. The lowest BCUT2D eigenvalue weighted by atomic mass is 9.88. The van der Waals surface area contributed by atoms with Gasteiger partial charge in [-0.15, -0.1) is 12.4 Å². The monoisotopic (exact) mass is 333 g/mol. The predicted octanol–water partition coefficient (Wildman–Crippen LogP) is 4.11. The number of nitrogens with two attached hydrogens (primary N) is 1. The maximum Gasteiger partial charge on any atom is 0.119 e. The molecule has 0 saturated carbocycles. The third kappa shape index (κ3) is 4.96. The van der Waals surface area contributed by atoms with Crippen LogP contribution < -0.4 is 10.5 Å². The number of hydrogen-bond donors (Lipinski definition) is 1. The fraction of sp³-hybridized carbons (Fsp3) is 0.368. The number of halogens is 1. The van der Waals surface area contributed by atoms with Gasteiger partial charge in [-0.2, -0.15) is 0 Å². The summed E-state index contributed by atoms with van der Waals surface area (Å²) in [5.41, 5.74) is 8.74. The molecule has 1 saturated heterocycles. The van der Waals surface area contributed by atoms with Crippen LogP contribution in [0.4, 0.5) is 0 Å². The summed E-state index contributed by atoms with van der Waals surface area (Å²) in [7, 11) is 0. The van der Waals surface area contributed by atoms with E-state index >= 15 is 0 Å². The Kier molecular flexibility index (Phi) is 6.90. The van der Waals surface area contributed by atoms with Gasteiger partial charge >= 0.3 is 0 Å². The first kappa shape index (κ1) is 17.8. The second-order valence-electron chi connectivity index (χ2n) is 5.82. The van der Waals surface area contributed by atoms with Crippen molar-refractivity contribution in [2.24, 2.45) is 11.7 Å². The molecule has 0 bridgehead atoms. The molecule has 0 amide bonds. The Morgan fingerprint density at radius 2 is 1.65 bits per heavy atom. The second-order valence-corrected chi connectivity index (χ2v) is 5.82. The fourth-order valence-electron chi connectivity index (χ4n) is 2.87. The lowest BCUT2D eigenvalue weighted by Crippen LogP contribution is -2.27. The van der Waals surface area contributed by atoms with Crippen LogP contribution in [-0.4, -0.2) is 13.2 Å². The van der Waals surface area contributed by atoms with Gasteiger partial charge in [0.05, 0.1) is 0 Å². The Morgan fingerprint density at radius 3 is 2.30 bits per heavy atom. The zero-order chi connectivity index (χ0) is 15.2. The van der Waals surface area contributed by atoms with Crippen molar-refractivity contribution in [2.75, 3.05) is 13.2 Å². The quantitative estimate of drug-likeness (QED) is 0.895. The van der Waals surface area contributed by atoms with Gasteiger partial charge < -0.3 is 15.2 Å². The van der Waals surface area contributed by atoms with Crippen molar-refractivity contribution in [1.82, 2.24) is 0 Å². The Hall–Kier alpha value is -1.55. The van der Waals surface area contributed by atoms with Crippen LogP contribution >= 0.6 is 12.4 Å². The fourth-order valence-corrected chi connectivity index (χ4v) is 2.87. The first-order valence-corrected chi connectivity index (χ1v) is 7.93. The van der Waals surface area contributed by atoms with Crippen LogP contribution in [-0.2, 0) is 11.3 Å². The van der Waals surface area contributed by atoms with Crippen LogP contribution in [0, 0.1) is 5.92 Å². The van der Waals surface area contributed by atoms with Gasteiger partial charge in [0.1, 0.15) is 12.4 Å². The predicted molar refractivity (Wildman–Crippen MR) is 94.9 cm³/mol. The Labute approximate surface area is 144 Å². The van der Waals surface area contributed by atoms with Crippen molar-refractivity contribution in [3.05, 3.63) is 65.7 Å². The van der Waals surface area contributed by atoms with E-state index in [1.165, 1.54) is 11.1 Å². The molecule has 0 unspecified atom stereocenters. The SMILES string of the molecule is Cl.N[C@H](c1ccc(OCc2ccccc2)cc1)C1CCOCC1. The molecule has 2 aromatic carbocycles. The van der Waals surface area contributed by atoms with Crippen molar-refractivity contribution in [3.8, 4) is 5.75 Å². The Morgan fingerprint density at radius 1 is 1.00 bits per heavy atom. The largest absolute Gasteiger partial charge is 0.489 e. The third-order valence-electron chi connectivity index (χ3n) is 4.29. The topological polar surface area (TPSA) is 44.5 Å². The maximum atomic E-state index is 6.39. The molecule has 1 heterocycles. The minimum atomic E-state index is 0. The molecule has 124 valence electrons. The molecule has 2 aromatic rings. The van der Waals surface area contributed by atoms with E-state index in [0.717, 1.165) is 31.8 Å². The van der Waals surface area contributed by atoms with Crippen molar-refractivity contribution in [3.63, 3.8) is 0 Å². The maximum absolute atomic E-state index is 6.39. The Bertz CT molecular complexity index is 568. The van der Waals surface area contributed by atoms with Gasteiger partial charge in [0.2, 0.25) is 0 Å². The van der Waals surface area contributed by atoms with Crippen LogP contribution in [0.25, 0.3) is 0 Å². The lowest BCUT2D eigenvalue weighted by Gasteiger charge is -2.27. The van der Waals surface area contributed by atoms with Gasteiger partial charge in [0, 0.05) is 19.3 Å². The average Bonchev–Trinajstić information content (AvgIpc) is 2.61. The molecule has 0 aliphatic carbocycles. The molecule has 3 nitrogen and oxygen atoms in total. The third-order valence-corrected chi connectivity index (χ3v) is 4.29. The average molecular weight is 334 g/mol. The first-order chi connectivity index (χ1) is 10.8. The van der Waals surface area contributed by atoms with E-state index in [2.05, 4.69) is 24.3 Å². The molecule has 1 atom stereocenters. The van der Waals surface area contributed by atoms with Crippen molar-refractivity contribution in [2.45, 2.75) is 25.5 Å². The molecule has 1 aliphatic rings. The standard InChI is InChI=1S/C19H23NO2.ClH/c20-19(17-10-12-21-13-11-17)16-6-8-18(9-7-16)22-14-15-4-2-1-3-5-15;/h1-9,17,19H,10-14,20H2;1H/t19-;/m1./s1. The van der Waals surface area contributed by atoms with Gasteiger partial charge in [-0.1, -0.05) is 42.5 Å². The van der Waals surface area contributed by atoms with E-state index in [4.69, 9.17) is 15.2 Å². The zero-order valence-corrected chi connectivity index (χ0v) is 14.0. The highest BCUT2D eigenvalue weighted by Crippen LogP contribution is 2.29. The summed E-state index contributed by atoms with van der Waals surface area (Å²) < 4.78 is 11.2. The molecule has 4 heteroatoms. The lowest BCUT2D eigenvalue weighted by molar-refractivity contribution is 0.0584. The van der Waals surface area contributed by atoms with Gasteiger partial charge in [-0.3, -0.25) is 0 Å². The molecule has 23 heavy (non-hydrogen) atoms. The van der Waals surface area contributed by atoms with E-state index in [1.54, 1.807) is 0 Å². The van der Waals surface area contributed by atoms with E-state index in [0.29, 0.717) is 12.5 Å². The number of hydrogen-bond acceptors (Lipinski definition) is 3. The summed E-state index contributed by atoms with van der Waals surface area (Å²) in [6.07, 6.45) is 2.10. The van der Waals surface area contributed by atoms with Crippen molar-refractivity contribution in [1.29, 1.82) is 0 Å². The molecule has 0 spiro atoms. The normalized spacial score (nSPS) is 16.4. The molecule has 2 N–H and O–H groups in total. The van der Waals surface area contributed by atoms with Crippen molar-refractivity contribution >= 4 is 12.4 Å². The van der Waals surface area contributed by atoms with Crippen LogP contribution in [0.5, 0.6) is 5.75 Å². The summed E-state index contributed by atoms with van der Waals surface area (Å²) in [4.78, 5) is 0. The molecule has 1 aliphatic heterocycles. The summed E-state index contributed by atoms with van der Waals surface area (Å²) >= 11 is 0. The summed E-state index contributed by atoms with van der Waals surface area (Å²) in [5.74, 6) is 1.40. The first-order valence-electron chi connectivity index (χ1n) is 7.93. The van der Waals surface area contributed by atoms with Gasteiger partial charge in [0.25, 0.3) is 0 Å². The minimum Gasteiger partial charge on any atom is -0.489 e.